The third-order valence-electron chi connectivity index (χ3n) is 6.01. The molecule has 0 saturated carbocycles. The number of para-hydroxylation sites is 1. The van der Waals surface area contributed by atoms with Gasteiger partial charge in [-0.25, -0.2) is 4.68 Å². The van der Waals surface area contributed by atoms with Crippen LogP contribution in [-0.2, 0) is 9.59 Å². The summed E-state index contributed by atoms with van der Waals surface area (Å²) in [5.41, 5.74) is 4.54. The zero-order valence-corrected chi connectivity index (χ0v) is 21.4. The number of amides is 2. The number of ether oxygens (including phenoxy) is 1. The summed E-state index contributed by atoms with van der Waals surface area (Å²) >= 11 is 0. The average Bonchev–Trinajstić information content (AvgIpc) is 3.30. The van der Waals surface area contributed by atoms with Gasteiger partial charge in [-0.3, -0.25) is 14.5 Å². The van der Waals surface area contributed by atoms with E-state index >= 15 is 0 Å². The van der Waals surface area contributed by atoms with Gasteiger partial charge in [0, 0.05) is 29.4 Å². The predicted molar refractivity (Wildman–Crippen MR) is 143 cm³/mol. The van der Waals surface area contributed by atoms with Crippen molar-refractivity contribution in [2.45, 2.75) is 33.8 Å². The van der Waals surface area contributed by atoms with Crippen molar-refractivity contribution in [2.24, 2.45) is 0 Å². The monoisotopic (exact) mass is 492 g/mol. The zero-order valence-electron chi connectivity index (χ0n) is 21.4. The van der Waals surface area contributed by atoms with Gasteiger partial charge in [0.2, 0.25) is 0 Å². The van der Waals surface area contributed by atoms with E-state index in [1.54, 1.807) is 17.7 Å². The van der Waals surface area contributed by atoms with E-state index in [2.05, 4.69) is 6.58 Å². The van der Waals surface area contributed by atoms with E-state index in [0.29, 0.717) is 16.8 Å². The molecule has 1 aliphatic rings. The van der Waals surface area contributed by atoms with E-state index in [1.807, 2.05) is 81.6 Å². The van der Waals surface area contributed by atoms with E-state index in [-0.39, 0.29) is 23.8 Å². The van der Waals surface area contributed by atoms with Crippen LogP contribution in [0.1, 0.15) is 31.9 Å². The first-order valence-corrected chi connectivity index (χ1v) is 12.0. The molecule has 0 spiro atoms. The van der Waals surface area contributed by atoms with Crippen molar-refractivity contribution in [3.8, 4) is 28.8 Å². The fourth-order valence-electron chi connectivity index (χ4n) is 4.19. The third-order valence-corrected chi connectivity index (χ3v) is 6.01. The maximum Gasteiger partial charge on any atom is 0.271 e. The molecule has 0 aliphatic carbocycles. The van der Waals surface area contributed by atoms with E-state index in [0.717, 1.165) is 27.5 Å². The highest BCUT2D eigenvalue weighted by atomic mass is 16.5. The van der Waals surface area contributed by atoms with Gasteiger partial charge in [-0.15, -0.1) is 6.58 Å². The van der Waals surface area contributed by atoms with Gasteiger partial charge in [0.1, 0.15) is 17.4 Å². The summed E-state index contributed by atoms with van der Waals surface area (Å²) in [6.45, 7) is 11.2. The zero-order chi connectivity index (χ0) is 26.7. The number of benzene rings is 2. The van der Waals surface area contributed by atoms with Gasteiger partial charge in [0.15, 0.2) is 0 Å². The second-order valence-corrected chi connectivity index (χ2v) is 9.04. The minimum absolute atomic E-state index is 0.0140. The molecule has 4 rings (SSSR count). The molecule has 0 fully saturated rings. The Balaban J connectivity index is 1.91. The minimum atomic E-state index is -0.612. The van der Waals surface area contributed by atoms with Crippen molar-refractivity contribution in [2.75, 3.05) is 6.54 Å². The van der Waals surface area contributed by atoms with Crippen molar-refractivity contribution in [1.82, 2.24) is 14.7 Å². The minimum Gasteiger partial charge on any atom is -0.491 e. The topological polar surface area (TPSA) is 88.2 Å². The van der Waals surface area contributed by atoms with E-state index in [9.17, 15) is 14.9 Å². The average molecular weight is 493 g/mol. The molecule has 7 heteroatoms. The molecule has 0 atom stereocenters. The number of nitrogens with zero attached hydrogens (tertiary/aromatic N) is 4. The number of rotatable bonds is 7. The number of hydrogen-bond acceptors (Lipinski definition) is 5. The quantitative estimate of drug-likeness (QED) is 0.250. The molecule has 0 saturated heterocycles. The first kappa shape index (κ1) is 25.4. The van der Waals surface area contributed by atoms with Gasteiger partial charge >= 0.3 is 0 Å². The van der Waals surface area contributed by atoms with Crippen LogP contribution in [-0.4, -0.2) is 39.1 Å². The molecule has 0 bridgehead atoms. The summed E-state index contributed by atoms with van der Waals surface area (Å²) in [7, 11) is 0. The number of carbonyl (C=O) groups is 2. The smallest absolute Gasteiger partial charge is 0.271 e. The molecule has 7 nitrogen and oxygen atoms in total. The third kappa shape index (κ3) is 5.00. The van der Waals surface area contributed by atoms with Gasteiger partial charge in [-0.2, -0.15) is 10.4 Å². The highest BCUT2D eigenvalue weighted by Crippen LogP contribution is 2.33. The molecule has 1 aromatic heterocycles. The Morgan fingerprint density at radius 1 is 1.11 bits per heavy atom. The van der Waals surface area contributed by atoms with E-state index < -0.39 is 11.8 Å². The maximum atomic E-state index is 13.3. The van der Waals surface area contributed by atoms with Crippen LogP contribution in [0.5, 0.6) is 5.75 Å². The summed E-state index contributed by atoms with van der Waals surface area (Å²) in [6, 6.07) is 17.5. The standard InChI is InChI=1S/C30H28N4O3/c1-6-14-33-29(35)25(21(5)26(17-31)30(33)36)16-23-18-34(24-10-8-7-9-11-24)32-28(23)22-12-13-27(20(4)15-22)37-19(2)3/h6-13,15-16,18-19H,1,14H2,2-5H3/b25-16+. The molecule has 0 unspecified atom stereocenters. The molecule has 1 aliphatic heterocycles. The maximum absolute atomic E-state index is 13.3. The van der Waals surface area contributed by atoms with Crippen LogP contribution >= 0.6 is 0 Å². The molecule has 2 amide bonds. The van der Waals surface area contributed by atoms with Crippen molar-refractivity contribution < 1.29 is 14.3 Å². The van der Waals surface area contributed by atoms with E-state index in [1.165, 1.54) is 6.08 Å². The Labute approximate surface area is 216 Å². The number of hydrogen-bond donors (Lipinski definition) is 0. The Morgan fingerprint density at radius 2 is 1.84 bits per heavy atom. The molecule has 0 radical (unpaired) electrons. The summed E-state index contributed by atoms with van der Waals surface area (Å²) < 4.78 is 7.64. The second kappa shape index (κ2) is 10.5. The number of carbonyl (C=O) groups excluding carboxylic acids is 2. The molecule has 186 valence electrons. The SMILES string of the molecule is C=CCN1C(=O)C(C#N)=C(C)/C(=C\c2cn(-c3ccccc3)nc2-c2ccc(OC(C)C)c(C)c2)C1=O. The highest BCUT2D eigenvalue weighted by molar-refractivity contribution is 6.19. The van der Waals surface area contributed by atoms with Crippen molar-refractivity contribution in [3.05, 3.63) is 95.2 Å². The van der Waals surface area contributed by atoms with Crippen LogP contribution < -0.4 is 4.74 Å². The van der Waals surface area contributed by atoms with Gasteiger partial charge < -0.3 is 4.74 Å². The van der Waals surface area contributed by atoms with Crippen molar-refractivity contribution in [3.63, 3.8) is 0 Å². The largest absolute Gasteiger partial charge is 0.491 e. The molecule has 2 heterocycles. The van der Waals surface area contributed by atoms with Crippen LogP contribution in [0.15, 0.2) is 84.1 Å². The van der Waals surface area contributed by atoms with Gasteiger partial charge in [0.25, 0.3) is 11.8 Å². The predicted octanol–water partition coefficient (Wildman–Crippen LogP) is 5.41. The second-order valence-electron chi connectivity index (χ2n) is 9.04. The highest BCUT2D eigenvalue weighted by Gasteiger charge is 2.35. The van der Waals surface area contributed by atoms with Crippen LogP contribution in [0.3, 0.4) is 0 Å². The molecule has 0 N–H and O–H groups in total. The number of aryl methyl sites for hydroxylation is 1. The lowest BCUT2D eigenvalue weighted by Crippen LogP contribution is -2.42. The first-order chi connectivity index (χ1) is 17.7. The summed E-state index contributed by atoms with van der Waals surface area (Å²) in [4.78, 5) is 27.1. The number of aromatic nitrogens is 2. The lowest BCUT2D eigenvalue weighted by Gasteiger charge is -2.26. The summed E-state index contributed by atoms with van der Waals surface area (Å²) in [5, 5.41) is 14.5. The molecule has 37 heavy (non-hydrogen) atoms. The summed E-state index contributed by atoms with van der Waals surface area (Å²) in [5.74, 6) is -0.296. The fraction of sp³-hybridized carbons (Fsp3) is 0.200. The number of imide groups is 1. The fourth-order valence-corrected chi connectivity index (χ4v) is 4.19. The van der Waals surface area contributed by atoms with Crippen LogP contribution in [0, 0.1) is 18.3 Å². The summed E-state index contributed by atoms with van der Waals surface area (Å²) in [6.07, 6.45) is 5.05. The van der Waals surface area contributed by atoms with Gasteiger partial charge in [0.05, 0.1) is 17.5 Å². The first-order valence-electron chi connectivity index (χ1n) is 12.0. The number of nitriles is 1. The van der Waals surface area contributed by atoms with Crippen LogP contribution in [0.25, 0.3) is 23.0 Å². The van der Waals surface area contributed by atoms with Crippen molar-refractivity contribution >= 4 is 17.9 Å². The Hall–Kier alpha value is -4.70. The molecular formula is C30H28N4O3. The van der Waals surface area contributed by atoms with Crippen LogP contribution in [0.4, 0.5) is 0 Å². The van der Waals surface area contributed by atoms with Gasteiger partial charge in [-0.05, 0) is 75.2 Å². The Kier molecular flexibility index (Phi) is 7.21. The van der Waals surface area contributed by atoms with E-state index in [4.69, 9.17) is 9.84 Å². The molecule has 2 aromatic carbocycles. The molecule has 3 aromatic rings. The normalized spacial score (nSPS) is 14.9. The lowest BCUT2D eigenvalue weighted by atomic mass is 9.93. The Morgan fingerprint density at radius 3 is 2.46 bits per heavy atom. The lowest BCUT2D eigenvalue weighted by molar-refractivity contribution is -0.139. The Bertz CT molecular complexity index is 1490. The molecular weight excluding hydrogens is 464 g/mol. The van der Waals surface area contributed by atoms with Crippen molar-refractivity contribution in [1.29, 1.82) is 5.26 Å². The van der Waals surface area contributed by atoms with Crippen LogP contribution in [0.2, 0.25) is 0 Å². The van der Waals surface area contributed by atoms with Gasteiger partial charge in [-0.1, -0.05) is 24.3 Å².